The van der Waals surface area contributed by atoms with E-state index in [-0.39, 0.29) is 12.4 Å². The summed E-state index contributed by atoms with van der Waals surface area (Å²) < 4.78 is 31.5. The maximum Gasteiger partial charge on any atom is 0.200 e. The molecule has 0 saturated heterocycles. The van der Waals surface area contributed by atoms with Crippen LogP contribution in [0.4, 0.5) is 14.6 Å². The Bertz CT molecular complexity index is 544. The summed E-state index contributed by atoms with van der Waals surface area (Å²) in [5, 5.41) is 3.06. The van der Waals surface area contributed by atoms with Crippen LogP contribution in [-0.4, -0.2) is 11.5 Å². The zero-order valence-corrected chi connectivity index (χ0v) is 10.5. The molecule has 1 aromatic carbocycles. The van der Waals surface area contributed by atoms with Crippen molar-refractivity contribution >= 4 is 5.82 Å². The number of hydrogen-bond acceptors (Lipinski definition) is 3. The molecule has 0 fully saturated rings. The average molecular weight is 264 g/mol. The van der Waals surface area contributed by atoms with Gasteiger partial charge in [0.1, 0.15) is 12.4 Å². The number of benzene rings is 1. The molecular weight excluding hydrogens is 250 g/mol. The highest BCUT2D eigenvalue weighted by Crippen LogP contribution is 2.20. The quantitative estimate of drug-likeness (QED) is 0.899. The van der Waals surface area contributed by atoms with Gasteiger partial charge in [-0.15, -0.1) is 0 Å². The Labute approximate surface area is 110 Å². The van der Waals surface area contributed by atoms with Gasteiger partial charge in [-0.1, -0.05) is 12.1 Å². The van der Waals surface area contributed by atoms with Gasteiger partial charge in [-0.2, -0.15) is 4.39 Å². The molecule has 0 aliphatic rings. The lowest BCUT2D eigenvalue weighted by Crippen LogP contribution is -2.02. The first-order valence-electron chi connectivity index (χ1n) is 5.96. The van der Waals surface area contributed by atoms with Gasteiger partial charge in [0.2, 0.25) is 5.82 Å². The number of anilines is 1. The summed E-state index contributed by atoms with van der Waals surface area (Å²) in [6, 6.07) is 7.47. The molecule has 0 aliphatic heterocycles. The third-order valence-corrected chi connectivity index (χ3v) is 2.49. The molecule has 0 amide bonds. The molecule has 19 heavy (non-hydrogen) atoms. The van der Waals surface area contributed by atoms with Gasteiger partial charge in [0.15, 0.2) is 11.6 Å². The van der Waals surface area contributed by atoms with Crippen molar-refractivity contribution in [1.82, 2.24) is 4.98 Å². The van der Waals surface area contributed by atoms with E-state index in [1.165, 1.54) is 12.1 Å². The minimum Gasteiger partial charge on any atom is -0.486 e. The van der Waals surface area contributed by atoms with E-state index in [0.29, 0.717) is 0 Å². The maximum absolute atomic E-state index is 13.3. The molecule has 5 heteroatoms. The number of nitrogens with zero attached hydrogens (tertiary/aromatic N) is 1. The highest BCUT2D eigenvalue weighted by Gasteiger charge is 2.08. The molecule has 0 bridgehead atoms. The van der Waals surface area contributed by atoms with Gasteiger partial charge in [0.25, 0.3) is 0 Å². The predicted molar refractivity (Wildman–Crippen MR) is 69.1 cm³/mol. The Morgan fingerprint density at radius 1 is 1.21 bits per heavy atom. The van der Waals surface area contributed by atoms with Crippen molar-refractivity contribution in [3.8, 4) is 5.75 Å². The van der Waals surface area contributed by atoms with Crippen LogP contribution in [0.15, 0.2) is 36.5 Å². The van der Waals surface area contributed by atoms with Crippen LogP contribution in [0.1, 0.15) is 12.5 Å². The number of rotatable bonds is 5. The SMILES string of the molecule is CCNc1ccc(COc2cccc(F)c2F)cn1. The molecule has 0 radical (unpaired) electrons. The van der Waals surface area contributed by atoms with Gasteiger partial charge in [-0.25, -0.2) is 9.37 Å². The van der Waals surface area contributed by atoms with E-state index < -0.39 is 11.6 Å². The summed E-state index contributed by atoms with van der Waals surface area (Å²) in [4.78, 5) is 4.16. The number of pyridine rings is 1. The van der Waals surface area contributed by atoms with E-state index in [0.717, 1.165) is 24.0 Å². The van der Waals surface area contributed by atoms with Crippen LogP contribution < -0.4 is 10.1 Å². The molecule has 0 atom stereocenters. The van der Waals surface area contributed by atoms with Gasteiger partial charge < -0.3 is 10.1 Å². The molecule has 0 aliphatic carbocycles. The van der Waals surface area contributed by atoms with E-state index in [2.05, 4.69) is 10.3 Å². The second-order valence-electron chi connectivity index (χ2n) is 3.92. The molecule has 3 nitrogen and oxygen atoms in total. The number of ether oxygens (including phenoxy) is 1. The normalized spacial score (nSPS) is 10.3. The lowest BCUT2D eigenvalue weighted by molar-refractivity contribution is 0.284. The minimum absolute atomic E-state index is 0.101. The summed E-state index contributed by atoms with van der Waals surface area (Å²) in [6.07, 6.45) is 1.63. The van der Waals surface area contributed by atoms with Gasteiger partial charge in [-0.05, 0) is 25.1 Å². The summed E-state index contributed by atoms with van der Waals surface area (Å²) in [6.45, 7) is 2.91. The third kappa shape index (κ3) is 3.40. The molecule has 0 spiro atoms. The van der Waals surface area contributed by atoms with Crippen molar-refractivity contribution in [3.05, 3.63) is 53.7 Å². The van der Waals surface area contributed by atoms with E-state index in [4.69, 9.17) is 4.74 Å². The Kier molecular flexibility index (Phi) is 4.28. The van der Waals surface area contributed by atoms with E-state index >= 15 is 0 Å². The van der Waals surface area contributed by atoms with Crippen molar-refractivity contribution in [1.29, 1.82) is 0 Å². The molecule has 1 heterocycles. The fourth-order valence-corrected chi connectivity index (χ4v) is 1.55. The zero-order valence-electron chi connectivity index (χ0n) is 10.5. The molecule has 100 valence electrons. The summed E-state index contributed by atoms with van der Waals surface area (Å²) in [7, 11) is 0. The maximum atomic E-state index is 13.3. The topological polar surface area (TPSA) is 34.1 Å². The highest BCUT2D eigenvalue weighted by molar-refractivity contribution is 5.35. The van der Waals surface area contributed by atoms with Crippen LogP contribution in [0, 0.1) is 11.6 Å². The van der Waals surface area contributed by atoms with Crippen LogP contribution in [0.25, 0.3) is 0 Å². The van der Waals surface area contributed by atoms with Gasteiger partial charge in [0, 0.05) is 18.3 Å². The van der Waals surface area contributed by atoms with Crippen LogP contribution in [0.2, 0.25) is 0 Å². The molecule has 1 N–H and O–H groups in total. The van der Waals surface area contributed by atoms with Crippen molar-refractivity contribution in [2.45, 2.75) is 13.5 Å². The standard InChI is InChI=1S/C14H14F2N2O/c1-2-17-13-7-6-10(8-18-13)9-19-12-5-3-4-11(15)14(12)16/h3-8H,2,9H2,1H3,(H,17,18). The molecule has 0 unspecified atom stereocenters. The van der Waals surface area contributed by atoms with Crippen LogP contribution >= 0.6 is 0 Å². The third-order valence-electron chi connectivity index (χ3n) is 2.49. The van der Waals surface area contributed by atoms with Crippen LogP contribution in [-0.2, 0) is 6.61 Å². The van der Waals surface area contributed by atoms with Gasteiger partial charge in [-0.3, -0.25) is 0 Å². The first-order chi connectivity index (χ1) is 9.20. The Morgan fingerprint density at radius 3 is 2.74 bits per heavy atom. The second kappa shape index (κ2) is 6.13. The molecular formula is C14H14F2N2O. The first-order valence-corrected chi connectivity index (χ1v) is 5.96. The predicted octanol–water partition coefficient (Wildman–Crippen LogP) is 3.37. The van der Waals surface area contributed by atoms with Crippen LogP contribution in [0.3, 0.4) is 0 Å². The summed E-state index contributed by atoms with van der Waals surface area (Å²) >= 11 is 0. The van der Waals surface area contributed by atoms with Crippen molar-refractivity contribution in [2.75, 3.05) is 11.9 Å². The fourth-order valence-electron chi connectivity index (χ4n) is 1.55. The molecule has 0 saturated carbocycles. The first kappa shape index (κ1) is 13.3. The smallest absolute Gasteiger partial charge is 0.200 e. The Morgan fingerprint density at radius 2 is 2.05 bits per heavy atom. The lowest BCUT2D eigenvalue weighted by atomic mass is 10.3. The zero-order chi connectivity index (χ0) is 13.7. The van der Waals surface area contributed by atoms with Crippen LogP contribution in [0.5, 0.6) is 5.75 Å². The number of aromatic nitrogens is 1. The molecule has 1 aromatic heterocycles. The van der Waals surface area contributed by atoms with Crippen molar-refractivity contribution in [3.63, 3.8) is 0 Å². The number of hydrogen-bond donors (Lipinski definition) is 1. The highest BCUT2D eigenvalue weighted by atomic mass is 19.2. The molecule has 2 aromatic rings. The van der Waals surface area contributed by atoms with Gasteiger partial charge >= 0.3 is 0 Å². The Hall–Kier alpha value is -2.17. The molecule has 2 rings (SSSR count). The summed E-state index contributed by atoms with van der Waals surface area (Å²) in [5.74, 6) is -1.23. The van der Waals surface area contributed by atoms with Crippen molar-refractivity contribution in [2.24, 2.45) is 0 Å². The van der Waals surface area contributed by atoms with E-state index in [1.54, 1.807) is 6.20 Å². The van der Waals surface area contributed by atoms with E-state index in [9.17, 15) is 8.78 Å². The van der Waals surface area contributed by atoms with Crippen molar-refractivity contribution < 1.29 is 13.5 Å². The largest absolute Gasteiger partial charge is 0.486 e. The fraction of sp³-hybridized carbons (Fsp3) is 0.214. The number of nitrogens with one attached hydrogen (secondary N) is 1. The second-order valence-corrected chi connectivity index (χ2v) is 3.92. The average Bonchev–Trinajstić information content (AvgIpc) is 2.42. The monoisotopic (exact) mass is 264 g/mol. The number of halogens is 2. The minimum atomic E-state index is -0.972. The Balaban J connectivity index is 2.00. The lowest BCUT2D eigenvalue weighted by Gasteiger charge is -2.08. The summed E-state index contributed by atoms with van der Waals surface area (Å²) in [5.41, 5.74) is 0.783. The van der Waals surface area contributed by atoms with Gasteiger partial charge in [0.05, 0.1) is 0 Å². The van der Waals surface area contributed by atoms with E-state index in [1.807, 2.05) is 19.1 Å².